The number of rotatable bonds is 13. The molecule has 6 rings (SSSR count). The van der Waals surface area contributed by atoms with Crippen molar-refractivity contribution in [3.05, 3.63) is 88.5 Å². The normalized spacial score (nSPS) is 29.0. The first-order valence-electron chi connectivity index (χ1n) is 17.3. The van der Waals surface area contributed by atoms with Gasteiger partial charge in [-0.25, -0.2) is 4.79 Å². The van der Waals surface area contributed by atoms with Crippen LogP contribution in [0.25, 0.3) is 6.08 Å². The smallest absolute Gasteiger partial charge is 0.339 e. The fourth-order valence-corrected chi connectivity index (χ4v) is 6.91. The molecule has 1 spiro atoms. The van der Waals surface area contributed by atoms with Crippen LogP contribution in [0.3, 0.4) is 0 Å². The molecule has 7 N–H and O–H groups in total. The lowest BCUT2D eigenvalue weighted by Gasteiger charge is -2.39. The predicted molar refractivity (Wildman–Crippen MR) is 181 cm³/mol. The van der Waals surface area contributed by atoms with Gasteiger partial charge in [-0.3, -0.25) is 9.59 Å². The Labute approximate surface area is 299 Å². The first-order valence-corrected chi connectivity index (χ1v) is 17.3. The first-order chi connectivity index (χ1) is 25.1. The van der Waals surface area contributed by atoms with Crippen molar-refractivity contribution in [2.75, 3.05) is 32.9 Å². The van der Waals surface area contributed by atoms with Crippen LogP contribution in [0.5, 0.6) is 0 Å². The van der Waals surface area contributed by atoms with Crippen LogP contribution in [0, 0.1) is 0 Å². The molecule has 2 aliphatic carbocycles. The molecule has 15 heteroatoms. The van der Waals surface area contributed by atoms with Gasteiger partial charge in [0.25, 0.3) is 0 Å². The molecule has 0 radical (unpaired) electrons. The third-order valence-electron chi connectivity index (χ3n) is 9.52. The fraction of sp³-hybridized carbons (Fsp3) is 0.486. The number of benzene rings is 2. The Morgan fingerprint density at radius 1 is 0.904 bits per heavy atom. The second-order valence-corrected chi connectivity index (χ2v) is 13.1. The van der Waals surface area contributed by atoms with E-state index in [1.165, 1.54) is 0 Å². The molecule has 2 aromatic rings. The molecule has 15 nitrogen and oxygen atoms in total. The van der Waals surface area contributed by atoms with Gasteiger partial charge >= 0.3 is 5.97 Å². The first kappa shape index (κ1) is 37.7. The molecule has 4 aliphatic rings. The summed E-state index contributed by atoms with van der Waals surface area (Å²) < 4.78 is 30.1. The number of nitrogens with one attached hydrogen (secondary N) is 2. The zero-order chi connectivity index (χ0) is 36.8. The average Bonchev–Trinajstić information content (AvgIpc) is 3.70. The van der Waals surface area contributed by atoms with Crippen molar-refractivity contribution in [1.82, 2.24) is 10.6 Å². The van der Waals surface area contributed by atoms with Crippen molar-refractivity contribution >= 4 is 23.9 Å². The molecule has 280 valence electrons. The van der Waals surface area contributed by atoms with Crippen LogP contribution < -0.4 is 10.6 Å². The van der Waals surface area contributed by atoms with Gasteiger partial charge in [0.15, 0.2) is 12.1 Å². The molecule has 2 heterocycles. The molecule has 2 saturated heterocycles. The molecule has 2 aromatic carbocycles. The van der Waals surface area contributed by atoms with E-state index in [1.54, 1.807) is 42.5 Å². The summed E-state index contributed by atoms with van der Waals surface area (Å²) in [5.41, 5.74) is 3.21. The van der Waals surface area contributed by atoms with Gasteiger partial charge in [-0.2, -0.15) is 0 Å². The molecule has 0 bridgehead atoms. The molecule has 2 amide bonds. The number of ether oxygens (including phenoxy) is 5. The highest BCUT2D eigenvalue weighted by molar-refractivity contribution is 5.95. The molecule has 0 aromatic heterocycles. The zero-order valence-corrected chi connectivity index (χ0v) is 28.3. The predicted octanol–water partition coefficient (Wildman–Crippen LogP) is -0.734. The van der Waals surface area contributed by atoms with E-state index in [-0.39, 0.29) is 50.6 Å². The number of hydrogen-bond acceptors (Lipinski definition) is 13. The number of carbonyl (C=O) groups is 3. The van der Waals surface area contributed by atoms with Gasteiger partial charge in [-0.1, -0.05) is 54.6 Å². The van der Waals surface area contributed by atoms with Gasteiger partial charge in [-0.15, -0.1) is 0 Å². The minimum atomic E-state index is -1.58. The maximum atomic E-state index is 13.8. The topological polar surface area (TPSA) is 223 Å². The molecule has 8 atom stereocenters. The molecule has 2 fully saturated rings. The van der Waals surface area contributed by atoms with Crippen molar-refractivity contribution < 1.29 is 63.6 Å². The highest BCUT2D eigenvalue weighted by atomic mass is 16.8. The van der Waals surface area contributed by atoms with Crippen LogP contribution in [-0.4, -0.2) is 131 Å². The van der Waals surface area contributed by atoms with Gasteiger partial charge < -0.3 is 59.9 Å². The summed E-state index contributed by atoms with van der Waals surface area (Å²) >= 11 is 0. The lowest BCUT2D eigenvalue weighted by molar-refractivity contribution is -0.298. The summed E-state index contributed by atoms with van der Waals surface area (Å²) in [7, 11) is 0. The Balaban J connectivity index is 1.14. The van der Waals surface area contributed by atoms with E-state index in [4.69, 9.17) is 28.8 Å². The second kappa shape index (κ2) is 16.8. The number of carbonyl (C=O) groups excluding carboxylic acids is 3. The van der Waals surface area contributed by atoms with Crippen LogP contribution in [0.4, 0.5) is 0 Å². The zero-order valence-electron chi connectivity index (χ0n) is 28.3. The van der Waals surface area contributed by atoms with E-state index < -0.39 is 73.3 Å². The van der Waals surface area contributed by atoms with Crippen LogP contribution in [0.1, 0.15) is 39.9 Å². The standard InChI is InChI=1S/C37H44N2O13/c40-14-13-38-29(42)11-12-39-34(46)24-16-26(33-27(17-24)51-37(52-33)18-22-7-1-2-8-23(22)19-37)49-35(47)25-10-4-3-6-21(25)9-5-15-48-36-32(45)31(44)30(43)28(20-41)50-36/h1-10,17,26-28,30-33,36,40-41,43-45H,11-16,18-20H2,(H,38,42)(H,39,46). The van der Waals surface area contributed by atoms with E-state index in [9.17, 15) is 34.8 Å². The van der Waals surface area contributed by atoms with Gasteiger partial charge in [0.05, 0.1) is 25.4 Å². The van der Waals surface area contributed by atoms with Crippen LogP contribution in [0.15, 0.2) is 66.3 Å². The van der Waals surface area contributed by atoms with Gasteiger partial charge in [0.1, 0.15) is 42.7 Å². The molecule has 0 saturated carbocycles. The second-order valence-electron chi connectivity index (χ2n) is 13.1. The van der Waals surface area contributed by atoms with Gasteiger partial charge in [-0.05, 0) is 28.8 Å². The summed E-state index contributed by atoms with van der Waals surface area (Å²) in [5, 5.41) is 53.9. The Morgan fingerprint density at radius 2 is 1.63 bits per heavy atom. The molecule has 52 heavy (non-hydrogen) atoms. The lowest BCUT2D eigenvalue weighted by Crippen LogP contribution is -2.59. The molecular weight excluding hydrogens is 680 g/mol. The van der Waals surface area contributed by atoms with E-state index in [2.05, 4.69) is 10.6 Å². The maximum Gasteiger partial charge on any atom is 0.339 e. The van der Waals surface area contributed by atoms with E-state index in [1.807, 2.05) is 24.3 Å². The van der Waals surface area contributed by atoms with Crippen molar-refractivity contribution in [3.63, 3.8) is 0 Å². The monoisotopic (exact) mass is 724 g/mol. The van der Waals surface area contributed by atoms with Gasteiger partial charge in [0.2, 0.25) is 11.8 Å². The number of esters is 1. The molecule has 2 aliphatic heterocycles. The van der Waals surface area contributed by atoms with Crippen LogP contribution in [-0.2, 0) is 46.1 Å². The van der Waals surface area contributed by atoms with E-state index in [0.29, 0.717) is 24.0 Å². The minimum absolute atomic E-state index is 0.0162. The van der Waals surface area contributed by atoms with Crippen LogP contribution in [0.2, 0.25) is 0 Å². The number of amides is 2. The fourth-order valence-electron chi connectivity index (χ4n) is 6.91. The Kier molecular flexibility index (Phi) is 12.2. The minimum Gasteiger partial charge on any atom is -0.456 e. The van der Waals surface area contributed by atoms with Crippen molar-refractivity contribution in [2.24, 2.45) is 0 Å². The summed E-state index contributed by atoms with van der Waals surface area (Å²) in [6.45, 7) is -0.713. The summed E-state index contributed by atoms with van der Waals surface area (Å²) in [4.78, 5) is 39.1. The number of hydrogen-bond donors (Lipinski definition) is 7. The number of aliphatic hydroxyl groups excluding tert-OH is 5. The van der Waals surface area contributed by atoms with Crippen LogP contribution >= 0.6 is 0 Å². The number of fused-ring (bicyclic) bond motifs is 2. The van der Waals surface area contributed by atoms with Gasteiger partial charge in [0, 0.05) is 44.3 Å². The van der Waals surface area contributed by atoms with Crippen molar-refractivity contribution in [3.8, 4) is 0 Å². The quantitative estimate of drug-likeness (QED) is 0.127. The lowest BCUT2D eigenvalue weighted by atomic mass is 9.91. The summed E-state index contributed by atoms with van der Waals surface area (Å²) in [6, 6.07) is 14.6. The maximum absolute atomic E-state index is 13.8. The Hall–Kier alpha value is -4.03. The molecule has 8 unspecified atom stereocenters. The number of aliphatic hydroxyl groups is 5. The summed E-state index contributed by atoms with van der Waals surface area (Å²) in [6.07, 6.45) is -3.44. The SMILES string of the molecule is O=C(CCNC(=O)C1=CC2OC3(Cc4ccccc4C3)OC2C(OC(=O)c2ccccc2C=CCOC2OC(CO)C(O)C(O)C2O)C1)NCCO. The van der Waals surface area contributed by atoms with Crippen molar-refractivity contribution in [2.45, 2.75) is 80.5 Å². The highest BCUT2D eigenvalue weighted by Crippen LogP contribution is 2.45. The average molecular weight is 725 g/mol. The Bertz CT molecular complexity index is 1640. The largest absolute Gasteiger partial charge is 0.456 e. The third-order valence-corrected chi connectivity index (χ3v) is 9.52. The third kappa shape index (κ3) is 8.44. The molecular formula is C37H44N2O13. The summed E-state index contributed by atoms with van der Waals surface area (Å²) in [5.74, 6) is -2.41. The van der Waals surface area contributed by atoms with E-state index in [0.717, 1.165) is 11.1 Å². The highest BCUT2D eigenvalue weighted by Gasteiger charge is 2.55. The van der Waals surface area contributed by atoms with Crippen molar-refractivity contribution in [1.29, 1.82) is 0 Å². The van der Waals surface area contributed by atoms with E-state index >= 15 is 0 Å². The Morgan fingerprint density at radius 3 is 2.37 bits per heavy atom.